The molecule has 2 aromatic carbocycles. The van der Waals surface area contributed by atoms with E-state index in [4.69, 9.17) is 15.0 Å². The van der Waals surface area contributed by atoms with Crippen molar-refractivity contribution >= 4 is 23.8 Å². The number of carboxylic acid groups (broad SMARTS) is 1. The minimum Gasteiger partial charge on any atom is -0.550 e. The zero-order chi connectivity index (χ0) is 23.2. The van der Waals surface area contributed by atoms with Gasteiger partial charge in [0.25, 0.3) is 0 Å². The lowest BCUT2D eigenvalue weighted by molar-refractivity contribution is -0.698. The lowest BCUT2D eigenvalue weighted by Gasteiger charge is -2.23. The van der Waals surface area contributed by atoms with Crippen LogP contribution in [0.3, 0.4) is 0 Å². The van der Waals surface area contributed by atoms with Crippen molar-refractivity contribution in [1.82, 2.24) is 0 Å². The fourth-order valence-corrected chi connectivity index (χ4v) is 3.21. The number of aliphatic hydroxyl groups is 1. The Morgan fingerprint density at radius 1 is 0.969 bits per heavy atom. The molecular formula is C27H32N2O3. The average Bonchev–Trinajstić information content (AvgIpc) is 2.80. The van der Waals surface area contributed by atoms with Gasteiger partial charge in [-0.2, -0.15) is 0 Å². The summed E-state index contributed by atoms with van der Waals surface area (Å²) in [7, 11) is 0. The summed E-state index contributed by atoms with van der Waals surface area (Å²) in [6, 6.07) is 23.5. The molecule has 1 N–H and O–H groups in total. The fraction of sp³-hybridized carbons (Fsp3) is 0.259. The maximum absolute atomic E-state index is 8.97. The molecule has 0 amide bonds. The normalized spacial score (nSPS) is 10.5. The van der Waals surface area contributed by atoms with Crippen LogP contribution in [0.4, 0.5) is 5.69 Å². The molecule has 0 fully saturated rings. The molecule has 32 heavy (non-hydrogen) atoms. The van der Waals surface area contributed by atoms with Gasteiger partial charge in [-0.05, 0) is 49.1 Å². The van der Waals surface area contributed by atoms with Crippen LogP contribution in [-0.4, -0.2) is 30.8 Å². The van der Waals surface area contributed by atoms with Crippen LogP contribution in [0.2, 0.25) is 0 Å². The zero-order valence-electron chi connectivity index (χ0n) is 18.9. The molecule has 0 saturated heterocycles. The first-order valence-corrected chi connectivity index (χ1v) is 10.9. The minimum absolute atomic E-state index is 0.159. The number of carbonyl (C=O) groups is 1. The van der Waals surface area contributed by atoms with Crippen molar-refractivity contribution in [2.75, 3.05) is 24.6 Å². The van der Waals surface area contributed by atoms with Crippen LogP contribution >= 0.6 is 0 Å². The number of aliphatic carboxylic acids is 1. The van der Waals surface area contributed by atoms with Gasteiger partial charge in [0.2, 0.25) is 0 Å². The van der Waals surface area contributed by atoms with E-state index in [0.29, 0.717) is 6.54 Å². The predicted molar refractivity (Wildman–Crippen MR) is 128 cm³/mol. The van der Waals surface area contributed by atoms with E-state index in [1.165, 1.54) is 16.8 Å². The van der Waals surface area contributed by atoms with Gasteiger partial charge in [-0.1, -0.05) is 54.6 Å². The van der Waals surface area contributed by atoms with Gasteiger partial charge < -0.3 is 19.9 Å². The molecule has 168 valence electrons. The molecule has 0 aliphatic heterocycles. The molecular weight excluding hydrogens is 400 g/mol. The van der Waals surface area contributed by atoms with Gasteiger partial charge in [-0.25, -0.2) is 4.57 Å². The lowest BCUT2D eigenvalue weighted by Crippen LogP contribution is -2.34. The molecule has 3 aromatic rings. The SMILES string of the molecule is CC(=O)[O-].CCN(CCc1ccccc1)c1ccc(C=Cc2cc[n+](CCO)cc2)cc1. The number of rotatable bonds is 9. The first-order chi connectivity index (χ1) is 15.5. The highest BCUT2D eigenvalue weighted by Crippen LogP contribution is 2.17. The second-order valence-corrected chi connectivity index (χ2v) is 7.32. The van der Waals surface area contributed by atoms with Crippen LogP contribution in [0.15, 0.2) is 79.1 Å². The number of carboxylic acids is 1. The van der Waals surface area contributed by atoms with Crippen molar-refractivity contribution in [3.8, 4) is 0 Å². The van der Waals surface area contributed by atoms with Gasteiger partial charge >= 0.3 is 0 Å². The van der Waals surface area contributed by atoms with Crippen molar-refractivity contribution in [2.24, 2.45) is 0 Å². The number of carbonyl (C=O) groups excluding carboxylic acids is 1. The summed E-state index contributed by atoms with van der Waals surface area (Å²) in [5, 5.41) is 17.9. The number of aromatic nitrogens is 1. The molecule has 0 atom stereocenters. The van der Waals surface area contributed by atoms with Gasteiger partial charge in [0.15, 0.2) is 18.9 Å². The standard InChI is InChI=1S/C25H29N2O.C2H4O2/c1-2-27(19-16-22-6-4-3-5-7-22)25-12-10-23(11-13-25)8-9-24-14-17-26(18-15-24)20-21-28;1-2(3)4/h3-15,17-18,28H,2,16,19-21H2,1H3;1H3,(H,3,4)/q+1;/p-1. The van der Waals surface area contributed by atoms with E-state index in [9.17, 15) is 0 Å². The Balaban J connectivity index is 0.000000837. The smallest absolute Gasteiger partial charge is 0.171 e. The number of likely N-dealkylation sites (N-methyl/N-ethyl adjacent to an activating group) is 1. The Morgan fingerprint density at radius 2 is 1.53 bits per heavy atom. The molecule has 0 spiro atoms. The number of hydrogen-bond donors (Lipinski definition) is 1. The summed E-state index contributed by atoms with van der Waals surface area (Å²) in [6.45, 7) is 5.99. The van der Waals surface area contributed by atoms with Crippen LogP contribution < -0.4 is 14.6 Å². The second kappa shape index (κ2) is 13.8. The van der Waals surface area contributed by atoms with Crippen LogP contribution in [-0.2, 0) is 17.8 Å². The Morgan fingerprint density at radius 3 is 2.06 bits per heavy atom. The number of benzene rings is 2. The summed E-state index contributed by atoms with van der Waals surface area (Å²) >= 11 is 0. The fourth-order valence-electron chi connectivity index (χ4n) is 3.21. The second-order valence-electron chi connectivity index (χ2n) is 7.32. The zero-order valence-corrected chi connectivity index (χ0v) is 18.9. The quantitative estimate of drug-likeness (QED) is 0.528. The Kier molecular flexibility index (Phi) is 10.7. The van der Waals surface area contributed by atoms with Crippen LogP contribution in [0.25, 0.3) is 12.2 Å². The Labute approximate surface area is 190 Å². The first kappa shape index (κ1) is 24.8. The molecule has 0 bridgehead atoms. The topological polar surface area (TPSA) is 67.5 Å². The molecule has 0 radical (unpaired) electrons. The van der Waals surface area contributed by atoms with Crippen molar-refractivity contribution in [3.05, 3.63) is 95.8 Å². The maximum atomic E-state index is 8.97. The third kappa shape index (κ3) is 9.14. The van der Waals surface area contributed by atoms with E-state index >= 15 is 0 Å². The first-order valence-electron chi connectivity index (χ1n) is 10.9. The van der Waals surface area contributed by atoms with Gasteiger partial charge in [0.05, 0.1) is 0 Å². The summed E-state index contributed by atoms with van der Waals surface area (Å²) in [5.41, 5.74) is 4.98. The minimum atomic E-state index is -1.08. The monoisotopic (exact) mass is 432 g/mol. The number of anilines is 1. The van der Waals surface area contributed by atoms with Gasteiger partial charge in [-0.15, -0.1) is 0 Å². The highest BCUT2D eigenvalue weighted by molar-refractivity contribution is 5.70. The summed E-state index contributed by atoms with van der Waals surface area (Å²) in [5.74, 6) is -1.08. The Bertz CT molecular complexity index is 948. The molecule has 0 unspecified atom stereocenters. The molecule has 5 nitrogen and oxygen atoms in total. The van der Waals surface area contributed by atoms with E-state index in [1.54, 1.807) is 0 Å². The van der Waals surface area contributed by atoms with Crippen molar-refractivity contribution < 1.29 is 19.6 Å². The van der Waals surface area contributed by atoms with E-state index in [1.807, 2.05) is 17.0 Å². The maximum Gasteiger partial charge on any atom is 0.171 e. The summed E-state index contributed by atoms with van der Waals surface area (Å²) < 4.78 is 1.97. The molecule has 0 saturated carbocycles. The Hall–Kier alpha value is -3.44. The molecule has 3 rings (SSSR count). The number of hydrogen-bond acceptors (Lipinski definition) is 4. The number of nitrogens with zero attached hydrogens (tertiary/aromatic N) is 2. The molecule has 0 aliphatic rings. The average molecular weight is 433 g/mol. The van der Waals surface area contributed by atoms with Crippen LogP contribution in [0, 0.1) is 0 Å². The third-order valence-corrected chi connectivity index (χ3v) is 4.90. The van der Waals surface area contributed by atoms with Crippen molar-refractivity contribution in [1.29, 1.82) is 0 Å². The van der Waals surface area contributed by atoms with Crippen LogP contribution in [0.5, 0.6) is 0 Å². The largest absolute Gasteiger partial charge is 0.550 e. The summed E-state index contributed by atoms with van der Waals surface area (Å²) in [6.07, 6.45) is 9.29. The molecule has 5 heteroatoms. The molecule has 0 aliphatic carbocycles. The highest BCUT2D eigenvalue weighted by atomic mass is 16.4. The van der Waals surface area contributed by atoms with E-state index in [2.05, 4.69) is 90.7 Å². The van der Waals surface area contributed by atoms with Gasteiger partial charge in [-0.3, -0.25) is 0 Å². The molecule has 1 heterocycles. The third-order valence-electron chi connectivity index (χ3n) is 4.90. The van der Waals surface area contributed by atoms with E-state index in [0.717, 1.165) is 32.0 Å². The highest BCUT2D eigenvalue weighted by Gasteiger charge is 2.04. The summed E-state index contributed by atoms with van der Waals surface area (Å²) in [4.78, 5) is 11.3. The van der Waals surface area contributed by atoms with Crippen molar-refractivity contribution in [2.45, 2.75) is 26.8 Å². The number of aliphatic hydroxyl groups excluding tert-OH is 1. The molecule has 1 aromatic heterocycles. The predicted octanol–water partition coefficient (Wildman–Crippen LogP) is 2.96. The van der Waals surface area contributed by atoms with Crippen molar-refractivity contribution in [3.63, 3.8) is 0 Å². The van der Waals surface area contributed by atoms with E-state index < -0.39 is 5.97 Å². The van der Waals surface area contributed by atoms with Crippen LogP contribution in [0.1, 0.15) is 30.5 Å². The lowest BCUT2D eigenvalue weighted by atomic mass is 10.1. The van der Waals surface area contributed by atoms with E-state index in [-0.39, 0.29) is 6.61 Å². The van der Waals surface area contributed by atoms with Gasteiger partial charge in [0, 0.05) is 36.9 Å². The number of pyridine rings is 1. The van der Waals surface area contributed by atoms with Gasteiger partial charge in [0.1, 0.15) is 6.61 Å².